The summed E-state index contributed by atoms with van der Waals surface area (Å²) in [6.45, 7) is 0. The molecule has 0 amide bonds. The second-order valence-electron chi connectivity index (χ2n) is 12.7. The third-order valence-electron chi connectivity index (χ3n) is 10.7. The third kappa shape index (κ3) is 2.43. The maximum atomic E-state index is 14.7. The van der Waals surface area contributed by atoms with Gasteiger partial charge in [0.15, 0.2) is 0 Å². The Morgan fingerprint density at radius 1 is 0.362 bits per heavy atom. The molecule has 3 aliphatic heterocycles. The predicted molar refractivity (Wildman–Crippen MR) is 195 cm³/mol. The van der Waals surface area contributed by atoms with Crippen LogP contribution in [0.4, 0.5) is 0 Å². The summed E-state index contributed by atoms with van der Waals surface area (Å²) in [6.07, 6.45) is 0. The smallest absolute Gasteiger partial charge is 0.263 e. The van der Waals surface area contributed by atoms with Crippen molar-refractivity contribution < 1.29 is 0 Å². The summed E-state index contributed by atoms with van der Waals surface area (Å²) < 4.78 is 5.42. The molecule has 12 rings (SSSR count). The van der Waals surface area contributed by atoms with Crippen molar-refractivity contribution >= 4 is 98.8 Å². The normalized spacial score (nSPS) is 14.5. The zero-order valence-corrected chi connectivity index (χ0v) is 26.0. The summed E-state index contributed by atoms with van der Waals surface area (Å²) in [7, 11) is 0. The van der Waals surface area contributed by atoms with E-state index in [0.29, 0.717) is 33.2 Å². The van der Waals surface area contributed by atoms with Crippen LogP contribution in [0.25, 0.3) is 82.1 Å². The largest absolute Gasteiger partial charge is 0.275 e. The van der Waals surface area contributed by atoms with Crippen molar-refractivity contribution in [3.05, 3.63) is 140 Å². The first kappa shape index (κ1) is 24.6. The van der Waals surface area contributed by atoms with Crippen LogP contribution in [0, 0.1) is 0 Å². The number of fused-ring (bicyclic) bond motifs is 9. The van der Waals surface area contributed by atoms with Crippen LogP contribution < -0.4 is 32.6 Å². The predicted octanol–water partition coefficient (Wildman–Crippen LogP) is 5.75. The number of aromatic nitrogens is 3. The molecule has 6 nitrogen and oxygen atoms in total. The molecule has 47 heavy (non-hydrogen) atoms. The van der Waals surface area contributed by atoms with Gasteiger partial charge in [0.2, 0.25) is 0 Å². The molecule has 0 N–H and O–H groups in total. The number of rotatable bonds is 0. The van der Waals surface area contributed by atoms with Crippen molar-refractivity contribution in [1.82, 2.24) is 13.7 Å². The fraction of sp³-hybridized carbons (Fsp3) is 0. The van der Waals surface area contributed by atoms with E-state index in [1.165, 1.54) is 0 Å². The van der Waals surface area contributed by atoms with E-state index in [4.69, 9.17) is 11.8 Å². The summed E-state index contributed by atoms with van der Waals surface area (Å²) >= 11 is 7.15. The molecule has 6 aromatic carbocycles. The summed E-state index contributed by atoms with van der Waals surface area (Å²) in [5.74, 6) is 0. The number of hydrogen-bond acceptors (Lipinski definition) is 4. The van der Waals surface area contributed by atoms with Crippen molar-refractivity contribution in [3.8, 4) is 17.1 Å². The van der Waals surface area contributed by atoms with Gasteiger partial charge in [-0.05, 0) is 52.6 Å². The van der Waals surface area contributed by atoms with Crippen molar-refractivity contribution in [3.63, 3.8) is 0 Å². The molecule has 9 aromatic rings. The standard InChI is InChI=1S/C39H18N3O3PS/c43-37-25-10-4-1-7-19(25)22-13-16-28-34-31(22)40(37)29-17-14-23-20-8-3-6-12-27(20)39(45)42-30-18-15-24-21-9-2-5-11-26(21)38(44)41(28)33(24)36(30)46(34,47)35(29)32(23)42/h1-18H. The molecule has 0 unspecified atom stereocenters. The first-order chi connectivity index (χ1) is 23.0. The number of nitrogens with zero attached hydrogens (tertiary/aromatic N) is 3. The Morgan fingerprint density at radius 2 is 0.638 bits per heavy atom. The van der Waals surface area contributed by atoms with Gasteiger partial charge in [-0.2, -0.15) is 0 Å². The van der Waals surface area contributed by atoms with Gasteiger partial charge in [0.1, 0.15) is 0 Å². The molecule has 3 aliphatic rings. The van der Waals surface area contributed by atoms with Crippen molar-refractivity contribution in [1.29, 1.82) is 0 Å². The highest BCUT2D eigenvalue weighted by molar-refractivity contribution is 8.26. The van der Waals surface area contributed by atoms with E-state index in [1.54, 1.807) is 0 Å². The van der Waals surface area contributed by atoms with Gasteiger partial charge in [0.25, 0.3) is 16.7 Å². The van der Waals surface area contributed by atoms with Gasteiger partial charge in [0, 0.05) is 48.2 Å². The SMILES string of the molecule is O=c1c2ccccc2c2ccc3c4c2n1-c1ccc2c5ccccc5c(=O)n5c2c1P4(=S)c1c-5ccc2c4ccccc4c(=O)n-3c12. The number of benzene rings is 6. The van der Waals surface area contributed by atoms with Crippen LogP contribution in [0.15, 0.2) is 124 Å². The van der Waals surface area contributed by atoms with Gasteiger partial charge >= 0.3 is 0 Å². The van der Waals surface area contributed by atoms with Crippen LogP contribution in [0.1, 0.15) is 0 Å². The zero-order chi connectivity index (χ0) is 31.1. The first-order valence-electron chi connectivity index (χ1n) is 15.4. The number of pyridine rings is 3. The molecule has 6 heterocycles. The fourth-order valence-electron chi connectivity index (χ4n) is 8.92. The molecule has 3 aromatic heterocycles. The molecule has 0 fully saturated rings. The van der Waals surface area contributed by atoms with E-state index in [0.717, 1.165) is 64.8 Å². The maximum Gasteiger partial charge on any atom is 0.263 e. The Kier molecular flexibility index (Phi) is 4.01. The molecular weight excluding hydrogens is 621 g/mol. The van der Waals surface area contributed by atoms with Gasteiger partial charge in [0.05, 0.1) is 39.7 Å². The van der Waals surface area contributed by atoms with Gasteiger partial charge in [-0.15, -0.1) is 0 Å². The lowest BCUT2D eigenvalue weighted by molar-refractivity contribution is 1.02. The Labute approximate surface area is 269 Å². The van der Waals surface area contributed by atoms with Crippen LogP contribution in [0.2, 0.25) is 0 Å². The van der Waals surface area contributed by atoms with E-state index in [2.05, 4.69) is 0 Å². The van der Waals surface area contributed by atoms with Crippen LogP contribution in [0.5, 0.6) is 0 Å². The van der Waals surface area contributed by atoms with E-state index >= 15 is 0 Å². The highest BCUT2D eigenvalue weighted by atomic mass is 32.4. The minimum atomic E-state index is -2.98. The second-order valence-corrected chi connectivity index (χ2v) is 16.9. The Hall–Kier alpha value is -5.62. The molecule has 0 saturated carbocycles. The zero-order valence-electron chi connectivity index (χ0n) is 24.3. The second kappa shape index (κ2) is 7.67. The Morgan fingerprint density at radius 3 is 0.936 bits per heavy atom. The van der Waals surface area contributed by atoms with E-state index < -0.39 is 6.04 Å². The molecule has 8 heteroatoms. The van der Waals surface area contributed by atoms with Gasteiger partial charge in [-0.1, -0.05) is 84.6 Å². The monoisotopic (exact) mass is 639 g/mol. The number of hydrogen-bond donors (Lipinski definition) is 0. The summed E-state index contributed by atoms with van der Waals surface area (Å²) in [5.41, 5.74) is 3.98. The highest BCUT2D eigenvalue weighted by Gasteiger charge is 2.48. The van der Waals surface area contributed by atoms with Crippen molar-refractivity contribution in [2.45, 2.75) is 0 Å². The molecule has 0 saturated heterocycles. The quantitative estimate of drug-likeness (QED) is 0.157. The van der Waals surface area contributed by atoms with Crippen LogP contribution in [0.3, 0.4) is 0 Å². The summed E-state index contributed by atoms with van der Waals surface area (Å²) in [4.78, 5) is 44.0. The van der Waals surface area contributed by atoms with Gasteiger partial charge < -0.3 is 0 Å². The average molecular weight is 640 g/mol. The third-order valence-corrected chi connectivity index (χ3v) is 15.5. The molecule has 0 bridgehead atoms. The van der Waals surface area contributed by atoms with E-state index in [-0.39, 0.29) is 16.7 Å². The highest BCUT2D eigenvalue weighted by Crippen LogP contribution is 2.58. The minimum absolute atomic E-state index is 0.145. The lowest BCUT2D eigenvalue weighted by Crippen LogP contribution is -2.48. The summed E-state index contributed by atoms with van der Waals surface area (Å²) in [6, 6.07) is 32.3. The first-order valence-corrected chi connectivity index (χ1v) is 18.2. The van der Waals surface area contributed by atoms with Crippen LogP contribution in [-0.4, -0.2) is 13.7 Å². The van der Waals surface area contributed by atoms with Crippen LogP contribution in [-0.2, 0) is 11.8 Å². The lowest BCUT2D eigenvalue weighted by Gasteiger charge is -2.43. The average Bonchev–Trinajstić information content (AvgIpc) is 3.11. The lowest BCUT2D eigenvalue weighted by atomic mass is 10.0. The summed E-state index contributed by atoms with van der Waals surface area (Å²) in [5, 5.41) is 9.68. The molecule has 0 aliphatic carbocycles. The molecular formula is C39H18N3O3PS. The molecule has 218 valence electrons. The van der Waals surface area contributed by atoms with Gasteiger partial charge in [-0.25, -0.2) is 0 Å². The van der Waals surface area contributed by atoms with Crippen molar-refractivity contribution in [2.24, 2.45) is 0 Å². The molecule has 0 atom stereocenters. The Bertz CT molecular complexity index is 3000. The van der Waals surface area contributed by atoms with E-state index in [1.807, 2.05) is 123 Å². The van der Waals surface area contributed by atoms with E-state index in [9.17, 15) is 14.4 Å². The molecule has 0 radical (unpaired) electrons. The topological polar surface area (TPSA) is 66.0 Å². The molecule has 0 spiro atoms. The minimum Gasteiger partial charge on any atom is -0.275 e. The Balaban J connectivity index is 1.51. The van der Waals surface area contributed by atoms with Crippen LogP contribution >= 0.6 is 6.04 Å². The van der Waals surface area contributed by atoms with Crippen molar-refractivity contribution in [2.75, 3.05) is 0 Å². The maximum absolute atomic E-state index is 14.7. The fourth-order valence-corrected chi connectivity index (χ4v) is 14.3. The van der Waals surface area contributed by atoms with Gasteiger partial charge in [-0.3, -0.25) is 28.1 Å².